The zero-order chi connectivity index (χ0) is 15.0. The van der Waals surface area contributed by atoms with Crippen LogP contribution >= 0.6 is 0 Å². The number of nitrogens with one attached hydrogen (secondary N) is 2. The summed E-state index contributed by atoms with van der Waals surface area (Å²) in [5, 5.41) is 13.1. The summed E-state index contributed by atoms with van der Waals surface area (Å²) in [4.78, 5) is 33.7. The van der Waals surface area contributed by atoms with E-state index >= 15 is 0 Å². The van der Waals surface area contributed by atoms with E-state index in [4.69, 9.17) is 5.11 Å². The molecule has 1 fully saturated rings. The largest absolute Gasteiger partial charge is 0.480 e. The molecule has 114 valence electrons. The number of hydrazine groups is 1. The number of hydrogen-bond acceptors (Lipinski definition) is 5. The zero-order valence-electron chi connectivity index (χ0n) is 11.6. The summed E-state index contributed by atoms with van der Waals surface area (Å²) in [7, 11) is 1.23. The minimum Gasteiger partial charge on any atom is -0.480 e. The van der Waals surface area contributed by atoms with Crippen molar-refractivity contribution in [2.75, 3.05) is 20.2 Å². The van der Waals surface area contributed by atoms with Gasteiger partial charge >= 0.3 is 18.0 Å². The molecule has 1 aliphatic rings. The second-order valence-electron chi connectivity index (χ2n) is 4.64. The van der Waals surface area contributed by atoms with Gasteiger partial charge in [-0.05, 0) is 19.3 Å². The number of nitrogens with zero attached hydrogens (tertiary/aromatic N) is 1. The molecule has 8 nitrogen and oxygen atoms in total. The number of amides is 2. The highest BCUT2D eigenvalue weighted by Crippen LogP contribution is 2.06. The Hall–Kier alpha value is -1.83. The highest BCUT2D eigenvalue weighted by Gasteiger charge is 2.22. The van der Waals surface area contributed by atoms with Crippen LogP contribution in [-0.4, -0.2) is 54.3 Å². The summed E-state index contributed by atoms with van der Waals surface area (Å²) in [5.41, 5.74) is 2.61. The molecule has 20 heavy (non-hydrogen) atoms. The first-order valence-electron chi connectivity index (χ1n) is 6.64. The van der Waals surface area contributed by atoms with Gasteiger partial charge in [0.25, 0.3) is 0 Å². The lowest BCUT2D eigenvalue weighted by Crippen LogP contribution is -2.53. The Labute approximate surface area is 117 Å². The standard InChI is InChI=1S/C12H21N3O5/c1-20-10(16)6-5-9(11(17)18)13-12(19)14-15-7-3-2-4-8-15/h9H,2-8H2,1H3,(H,17,18)(H2,13,14,19)/t9-/m1/s1. The first kappa shape index (κ1) is 16.2. The number of carboxylic acids is 1. The number of methoxy groups -OCH3 is 1. The van der Waals surface area contributed by atoms with Crippen LogP contribution in [0, 0.1) is 0 Å². The molecule has 0 bridgehead atoms. The molecule has 0 radical (unpaired) electrons. The summed E-state index contributed by atoms with van der Waals surface area (Å²) in [6.07, 6.45) is 3.08. The molecule has 0 aliphatic carbocycles. The fourth-order valence-electron chi connectivity index (χ4n) is 1.96. The maximum Gasteiger partial charge on any atom is 0.330 e. The molecule has 3 N–H and O–H groups in total. The van der Waals surface area contributed by atoms with Crippen LogP contribution < -0.4 is 10.7 Å². The predicted molar refractivity (Wildman–Crippen MR) is 69.8 cm³/mol. The Morgan fingerprint density at radius 3 is 2.45 bits per heavy atom. The second-order valence-corrected chi connectivity index (χ2v) is 4.64. The van der Waals surface area contributed by atoms with Gasteiger partial charge in [-0.2, -0.15) is 0 Å². The quantitative estimate of drug-likeness (QED) is 0.598. The first-order chi connectivity index (χ1) is 9.52. The zero-order valence-corrected chi connectivity index (χ0v) is 11.6. The lowest BCUT2D eigenvalue weighted by Gasteiger charge is -2.27. The van der Waals surface area contributed by atoms with Gasteiger partial charge in [-0.15, -0.1) is 0 Å². The molecular formula is C12H21N3O5. The molecule has 8 heteroatoms. The van der Waals surface area contributed by atoms with Gasteiger partial charge in [0.15, 0.2) is 0 Å². The fourth-order valence-corrected chi connectivity index (χ4v) is 1.96. The minimum atomic E-state index is -1.18. The highest BCUT2D eigenvalue weighted by molar-refractivity contribution is 5.82. The van der Waals surface area contributed by atoms with Gasteiger partial charge in [0.2, 0.25) is 0 Å². The van der Waals surface area contributed by atoms with E-state index < -0.39 is 24.0 Å². The average molecular weight is 287 g/mol. The summed E-state index contributed by atoms with van der Waals surface area (Å²) in [6.45, 7) is 1.51. The summed E-state index contributed by atoms with van der Waals surface area (Å²) < 4.78 is 4.44. The van der Waals surface area contributed by atoms with E-state index in [9.17, 15) is 14.4 Å². The second kappa shape index (κ2) is 8.36. The van der Waals surface area contributed by atoms with Gasteiger partial charge in [0.05, 0.1) is 7.11 Å². The molecule has 0 aromatic rings. The Kier molecular flexibility index (Phi) is 6.78. The van der Waals surface area contributed by atoms with Crippen LogP contribution in [0.2, 0.25) is 0 Å². The van der Waals surface area contributed by atoms with Crippen molar-refractivity contribution in [3.63, 3.8) is 0 Å². The molecule has 1 saturated heterocycles. The van der Waals surface area contributed by atoms with E-state index in [1.807, 2.05) is 0 Å². The van der Waals surface area contributed by atoms with Crippen LogP contribution in [0.15, 0.2) is 0 Å². The van der Waals surface area contributed by atoms with Crippen molar-refractivity contribution in [2.24, 2.45) is 0 Å². The lowest BCUT2D eigenvalue weighted by molar-refractivity contribution is -0.142. The van der Waals surface area contributed by atoms with Gasteiger partial charge in [0.1, 0.15) is 6.04 Å². The molecular weight excluding hydrogens is 266 g/mol. The van der Waals surface area contributed by atoms with Gasteiger partial charge in [-0.25, -0.2) is 14.6 Å². The Balaban J connectivity index is 2.37. The Bertz CT molecular complexity index is 355. The Morgan fingerprint density at radius 1 is 1.25 bits per heavy atom. The lowest BCUT2D eigenvalue weighted by atomic mass is 10.1. The number of piperidine rings is 1. The van der Waals surface area contributed by atoms with Crippen LogP contribution in [0.3, 0.4) is 0 Å². The van der Waals surface area contributed by atoms with Gasteiger partial charge in [-0.1, -0.05) is 6.42 Å². The number of carbonyl (C=O) groups excluding carboxylic acids is 2. The SMILES string of the molecule is COC(=O)CC[C@@H](NC(=O)NN1CCCCC1)C(=O)O. The van der Waals surface area contributed by atoms with Crippen molar-refractivity contribution < 1.29 is 24.2 Å². The summed E-state index contributed by atoms with van der Waals surface area (Å²) in [6, 6.07) is -1.68. The number of urea groups is 1. The monoisotopic (exact) mass is 287 g/mol. The van der Waals surface area contributed by atoms with Gasteiger partial charge < -0.3 is 15.2 Å². The topological polar surface area (TPSA) is 108 Å². The number of esters is 1. The number of aliphatic carboxylic acids is 1. The average Bonchev–Trinajstić information content (AvgIpc) is 2.43. The van der Waals surface area contributed by atoms with E-state index in [-0.39, 0.29) is 12.8 Å². The minimum absolute atomic E-state index is 0.00454. The molecule has 1 heterocycles. The molecule has 2 amide bonds. The maximum absolute atomic E-state index is 11.7. The molecule has 1 atom stereocenters. The first-order valence-corrected chi connectivity index (χ1v) is 6.64. The van der Waals surface area contributed by atoms with E-state index in [0.717, 1.165) is 32.4 Å². The number of hydrogen-bond donors (Lipinski definition) is 3. The molecule has 0 saturated carbocycles. The fraction of sp³-hybridized carbons (Fsp3) is 0.750. The van der Waals surface area contributed by atoms with Crippen molar-refractivity contribution in [2.45, 2.75) is 38.1 Å². The van der Waals surface area contributed by atoms with Crippen LogP contribution in [0.5, 0.6) is 0 Å². The molecule has 1 aliphatic heterocycles. The van der Waals surface area contributed by atoms with Gasteiger partial charge in [0, 0.05) is 19.5 Å². The van der Waals surface area contributed by atoms with E-state index in [0.29, 0.717) is 0 Å². The summed E-state index contributed by atoms with van der Waals surface area (Å²) in [5.74, 6) is -1.68. The van der Waals surface area contributed by atoms with Crippen molar-refractivity contribution in [3.8, 4) is 0 Å². The van der Waals surface area contributed by atoms with Crippen LogP contribution in [0.4, 0.5) is 4.79 Å². The Morgan fingerprint density at radius 2 is 1.90 bits per heavy atom. The highest BCUT2D eigenvalue weighted by atomic mass is 16.5. The van der Waals surface area contributed by atoms with E-state index in [1.54, 1.807) is 5.01 Å². The molecule has 0 aromatic heterocycles. The number of rotatable bonds is 6. The third-order valence-corrected chi connectivity index (χ3v) is 3.08. The maximum atomic E-state index is 11.7. The smallest absolute Gasteiger partial charge is 0.330 e. The van der Waals surface area contributed by atoms with Crippen LogP contribution in [0.25, 0.3) is 0 Å². The van der Waals surface area contributed by atoms with Crippen molar-refractivity contribution in [3.05, 3.63) is 0 Å². The van der Waals surface area contributed by atoms with E-state index in [2.05, 4.69) is 15.5 Å². The van der Waals surface area contributed by atoms with Crippen molar-refractivity contribution in [1.82, 2.24) is 15.8 Å². The number of carboxylic acid groups (broad SMARTS) is 1. The predicted octanol–water partition coefficient (Wildman–Crippen LogP) is 0.0929. The number of ether oxygens (including phenoxy) is 1. The number of carbonyl (C=O) groups is 3. The normalized spacial score (nSPS) is 17.1. The summed E-state index contributed by atoms with van der Waals surface area (Å²) >= 11 is 0. The molecule has 0 unspecified atom stereocenters. The van der Waals surface area contributed by atoms with Crippen molar-refractivity contribution >= 4 is 18.0 Å². The molecule has 1 rings (SSSR count). The third kappa shape index (κ3) is 5.87. The molecule has 0 spiro atoms. The molecule has 0 aromatic carbocycles. The van der Waals surface area contributed by atoms with E-state index in [1.165, 1.54) is 7.11 Å². The van der Waals surface area contributed by atoms with Crippen LogP contribution in [-0.2, 0) is 14.3 Å². The third-order valence-electron chi connectivity index (χ3n) is 3.08. The van der Waals surface area contributed by atoms with Crippen molar-refractivity contribution in [1.29, 1.82) is 0 Å². The van der Waals surface area contributed by atoms with Gasteiger partial charge in [-0.3, -0.25) is 10.2 Å². The van der Waals surface area contributed by atoms with Crippen LogP contribution in [0.1, 0.15) is 32.1 Å².